The van der Waals surface area contributed by atoms with Crippen molar-refractivity contribution in [2.45, 2.75) is 39.7 Å². The molecule has 0 aliphatic carbocycles. The lowest BCUT2D eigenvalue weighted by atomic mass is 10.00. The molecule has 0 fully saturated rings. The predicted molar refractivity (Wildman–Crippen MR) is 68.7 cm³/mol. The minimum absolute atomic E-state index is 0.104. The van der Waals surface area contributed by atoms with Crippen LogP contribution in [-0.2, 0) is 11.2 Å². The molecule has 90 valence electrons. The Bertz CT molecular complexity index is 323. The molecule has 0 aromatic heterocycles. The normalized spacial score (nSPS) is 12.8. The van der Waals surface area contributed by atoms with Gasteiger partial charge in [0, 0.05) is 12.6 Å². The summed E-state index contributed by atoms with van der Waals surface area (Å²) in [5.74, 6) is 0. The molecule has 2 nitrogen and oxygen atoms in total. The Hall–Kier alpha value is -0.860. The molecule has 1 aromatic rings. The Labute approximate surface area is 98.8 Å². The largest absolute Gasteiger partial charge is 0.380 e. The molecule has 1 atom stereocenters. The lowest BCUT2D eigenvalue weighted by molar-refractivity contribution is 0.121. The molecule has 1 aromatic carbocycles. The monoisotopic (exact) mass is 221 g/mol. The van der Waals surface area contributed by atoms with Gasteiger partial charge in [0.05, 0.1) is 6.61 Å². The number of aryl methyl sites for hydroxylation is 2. The van der Waals surface area contributed by atoms with Gasteiger partial charge in [-0.3, -0.25) is 0 Å². The van der Waals surface area contributed by atoms with Gasteiger partial charge in [0.1, 0.15) is 0 Å². The average molecular weight is 221 g/mol. The first kappa shape index (κ1) is 13.2. The third-order valence-corrected chi connectivity index (χ3v) is 2.67. The molecule has 0 spiro atoms. The zero-order valence-electron chi connectivity index (χ0n) is 10.6. The van der Waals surface area contributed by atoms with E-state index in [1.807, 2.05) is 0 Å². The van der Waals surface area contributed by atoms with Gasteiger partial charge in [-0.15, -0.1) is 0 Å². The summed E-state index contributed by atoms with van der Waals surface area (Å²) in [7, 11) is 0. The molecule has 2 N–H and O–H groups in total. The van der Waals surface area contributed by atoms with E-state index >= 15 is 0 Å². The highest BCUT2D eigenvalue weighted by molar-refractivity contribution is 5.31. The summed E-state index contributed by atoms with van der Waals surface area (Å²) in [5, 5.41) is 0. The van der Waals surface area contributed by atoms with E-state index in [9.17, 15) is 0 Å². The van der Waals surface area contributed by atoms with E-state index in [1.165, 1.54) is 16.7 Å². The number of benzene rings is 1. The smallest absolute Gasteiger partial charge is 0.0620 e. The van der Waals surface area contributed by atoms with Gasteiger partial charge in [-0.1, -0.05) is 30.7 Å². The molecule has 0 aliphatic rings. The van der Waals surface area contributed by atoms with Crippen LogP contribution in [0.1, 0.15) is 30.0 Å². The van der Waals surface area contributed by atoms with Crippen LogP contribution in [0.5, 0.6) is 0 Å². The summed E-state index contributed by atoms with van der Waals surface area (Å²) in [4.78, 5) is 0. The fraction of sp³-hybridized carbons (Fsp3) is 0.571. The van der Waals surface area contributed by atoms with Crippen LogP contribution >= 0.6 is 0 Å². The Morgan fingerprint density at radius 3 is 2.75 bits per heavy atom. The van der Waals surface area contributed by atoms with Crippen LogP contribution in [0.4, 0.5) is 0 Å². The number of nitrogens with two attached hydrogens (primary N) is 1. The maximum absolute atomic E-state index is 6.04. The highest BCUT2D eigenvalue weighted by atomic mass is 16.5. The number of hydrogen-bond acceptors (Lipinski definition) is 2. The van der Waals surface area contributed by atoms with Crippen LogP contribution in [0.2, 0.25) is 0 Å². The van der Waals surface area contributed by atoms with Crippen LogP contribution in [0, 0.1) is 13.8 Å². The topological polar surface area (TPSA) is 35.2 Å². The SMILES string of the molecule is CCCOCC(N)Cc1cc(C)ccc1C. The van der Waals surface area contributed by atoms with E-state index in [1.54, 1.807) is 0 Å². The molecule has 0 amide bonds. The van der Waals surface area contributed by atoms with Crippen molar-refractivity contribution in [3.05, 3.63) is 34.9 Å². The van der Waals surface area contributed by atoms with Gasteiger partial charge >= 0.3 is 0 Å². The molecule has 0 bridgehead atoms. The molecular weight excluding hydrogens is 198 g/mol. The van der Waals surface area contributed by atoms with Crippen molar-refractivity contribution < 1.29 is 4.74 Å². The number of hydrogen-bond donors (Lipinski definition) is 1. The zero-order valence-corrected chi connectivity index (χ0v) is 10.6. The van der Waals surface area contributed by atoms with Crippen molar-refractivity contribution in [3.63, 3.8) is 0 Å². The second-order valence-electron chi connectivity index (χ2n) is 4.47. The third-order valence-electron chi connectivity index (χ3n) is 2.67. The Morgan fingerprint density at radius 1 is 1.31 bits per heavy atom. The van der Waals surface area contributed by atoms with E-state index in [0.717, 1.165) is 19.4 Å². The van der Waals surface area contributed by atoms with Crippen molar-refractivity contribution in [3.8, 4) is 0 Å². The van der Waals surface area contributed by atoms with Gasteiger partial charge in [0.15, 0.2) is 0 Å². The van der Waals surface area contributed by atoms with Crippen molar-refractivity contribution in [1.82, 2.24) is 0 Å². The summed E-state index contributed by atoms with van der Waals surface area (Å²) in [6, 6.07) is 6.61. The maximum Gasteiger partial charge on any atom is 0.0620 e. The lowest BCUT2D eigenvalue weighted by Gasteiger charge is -2.14. The van der Waals surface area contributed by atoms with Gasteiger partial charge in [-0.05, 0) is 37.8 Å². The zero-order chi connectivity index (χ0) is 12.0. The average Bonchev–Trinajstić information content (AvgIpc) is 2.24. The lowest BCUT2D eigenvalue weighted by Crippen LogP contribution is -2.29. The van der Waals surface area contributed by atoms with Gasteiger partial charge in [-0.25, -0.2) is 0 Å². The van der Waals surface area contributed by atoms with Crippen molar-refractivity contribution in [2.75, 3.05) is 13.2 Å². The van der Waals surface area contributed by atoms with Crippen molar-refractivity contribution in [1.29, 1.82) is 0 Å². The third kappa shape index (κ3) is 4.33. The van der Waals surface area contributed by atoms with Crippen LogP contribution in [0.15, 0.2) is 18.2 Å². The second kappa shape index (κ2) is 6.66. The second-order valence-corrected chi connectivity index (χ2v) is 4.47. The fourth-order valence-electron chi connectivity index (χ4n) is 1.74. The Balaban J connectivity index is 2.48. The molecule has 0 saturated heterocycles. The molecule has 0 aliphatic heterocycles. The van der Waals surface area contributed by atoms with Gasteiger partial charge < -0.3 is 10.5 Å². The maximum atomic E-state index is 6.04. The van der Waals surface area contributed by atoms with Crippen LogP contribution < -0.4 is 5.73 Å². The Morgan fingerprint density at radius 2 is 2.06 bits per heavy atom. The molecule has 1 rings (SSSR count). The van der Waals surface area contributed by atoms with Crippen molar-refractivity contribution >= 4 is 0 Å². The summed E-state index contributed by atoms with van der Waals surface area (Å²) >= 11 is 0. The standard InChI is InChI=1S/C14H23NO/c1-4-7-16-10-14(15)9-13-8-11(2)5-6-12(13)3/h5-6,8,14H,4,7,9-10,15H2,1-3H3. The van der Waals surface area contributed by atoms with E-state index in [4.69, 9.17) is 10.5 Å². The van der Waals surface area contributed by atoms with E-state index in [0.29, 0.717) is 6.61 Å². The molecule has 0 radical (unpaired) electrons. The van der Waals surface area contributed by atoms with Crippen LogP contribution in [0.25, 0.3) is 0 Å². The first-order valence-corrected chi connectivity index (χ1v) is 6.03. The van der Waals surface area contributed by atoms with Gasteiger partial charge in [0.25, 0.3) is 0 Å². The molecule has 1 unspecified atom stereocenters. The summed E-state index contributed by atoms with van der Waals surface area (Å²) < 4.78 is 5.46. The molecular formula is C14H23NO. The summed E-state index contributed by atoms with van der Waals surface area (Å²) in [5.41, 5.74) is 9.99. The molecule has 0 heterocycles. The minimum atomic E-state index is 0.104. The molecule has 2 heteroatoms. The predicted octanol–water partition coefficient (Wildman–Crippen LogP) is 2.60. The first-order chi connectivity index (χ1) is 7.63. The highest BCUT2D eigenvalue weighted by Gasteiger charge is 2.06. The Kier molecular flexibility index (Phi) is 5.50. The van der Waals surface area contributed by atoms with Crippen LogP contribution in [0.3, 0.4) is 0 Å². The quantitative estimate of drug-likeness (QED) is 0.749. The molecule has 0 saturated carbocycles. The summed E-state index contributed by atoms with van der Waals surface area (Å²) in [6.45, 7) is 7.81. The number of rotatable bonds is 6. The van der Waals surface area contributed by atoms with Crippen LogP contribution in [-0.4, -0.2) is 19.3 Å². The fourth-order valence-corrected chi connectivity index (χ4v) is 1.74. The minimum Gasteiger partial charge on any atom is -0.380 e. The molecule has 16 heavy (non-hydrogen) atoms. The number of ether oxygens (including phenoxy) is 1. The van der Waals surface area contributed by atoms with E-state index in [-0.39, 0.29) is 6.04 Å². The van der Waals surface area contributed by atoms with Crippen molar-refractivity contribution in [2.24, 2.45) is 5.73 Å². The van der Waals surface area contributed by atoms with Gasteiger partial charge in [-0.2, -0.15) is 0 Å². The van der Waals surface area contributed by atoms with Gasteiger partial charge in [0.2, 0.25) is 0 Å². The summed E-state index contributed by atoms with van der Waals surface area (Å²) in [6.07, 6.45) is 1.95. The van der Waals surface area contributed by atoms with E-state index < -0.39 is 0 Å². The first-order valence-electron chi connectivity index (χ1n) is 6.03. The van der Waals surface area contributed by atoms with E-state index in [2.05, 4.69) is 39.0 Å². The highest BCUT2D eigenvalue weighted by Crippen LogP contribution is 2.12.